The number of carbonyl (C=O) groups excluding carboxylic acids is 1. The first-order valence-corrected chi connectivity index (χ1v) is 7.45. The van der Waals surface area contributed by atoms with Crippen LogP contribution in [-0.4, -0.2) is 35.4 Å². The standard InChI is InChI=1S/C13H18N6O3S/c1-13(2,10-18-19-11(14)23-10)17-12(20)15-7-5-6-8(21-3)16-9(7)22-4/h5-6H,1-4H3,(H2,14,19)(H2,15,17,20). The molecule has 2 aromatic rings. The zero-order chi connectivity index (χ0) is 17.0. The molecule has 4 N–H and O–H groups in total. The molecule has 0 atom stereocenters. The maximum atomic E-state index is 12.2. The fraction of sp³-hybridized carbons (Fsp3) is 0.385. The van der Waals surface area contributed by atoms with Crippen molar-refractivity contribution in [3.63, 3.8) is 0 Å². The first kappa shape index (κ1) is 16.7. The molecular weight excluding hydrogens is 320 g/mol. The van der Waals surface area contributed by atoms with Gasteiger partial charge >= 0.3 is 6.03 Å². The number of hydrogen-bond donors (Lipinski definition) is 3. The van der Waals surface area contributed by atoms with Crippen LogP contribution in [0.1, 0.15) is 18.9 Å². The summed E-state index contributed by atoms with van der Waals surface area (Å²) in [4.78, 5) is 16.3. The summed E-state index contributed by atoms with van der Waals surface area (Å²) in [5.74, 6) is 0.634. The highest BCUT2D eigenvalue weighted by Gasteiger charge is 2.27. The quantitative estimate of drug-likeness (QED) is 0.756. The minimum absolute atomic E-state index is 0.248. The number of pyridine rings is 1. The summed E-state index contributed by atoms with van der Waals surface area (Å²) in [6.07, 6.45) is 0. The number of anilines is 2. The summed E-state index contributed by atoms with van der Waals surface area (Å²) in [6.45, 7) is 3.60. The Balaban J connectivity index is 2.10. The van der Waals surface area contributed by atoms with E-state index >= 15 is 0 Å². The van der Waals surface area contributed by atoms with Crippen LogP contribution < -0.4 is 25.8 Å². The van der Waals surface area contributed by atoms with Gasteiger partial charge in [-0.05, 0) is 19.9 Å². The number of amides is 2. The molecule has 0 aliphatic heterocycles. The van der Waals surface area contributed by atoms with E-state index in [0.29, 0.717) is 21.7 Å². The highest BCUT2D eigenvalue weighted by Crippen LogP contribution is 2.27. The molecule has 0 saturated carbocycles. The van der Waals surface area contributed by atoms with Gasteiger partial charge < -0.3 is 25.8 Å². The SMILES string of the molecule is COc1ccc(NC(=O)NC(C)(C)c2nnc(N)s2)c(OC)n1. The average Bonchev–Trinajstić information content (AvgIpc) is 2.94. The average molecular weight is 338 g/mol. The van der Waals surface area contributed by atoms with E-state index in [0.717, 1.165) is 0 Å². The summed E-state index contributed by atoms with van der Waals surface area (Å²) in [6, 6.07) is 2.82. The third-order valence-electron chi connectivity index (χ3n) is 2.89. The highest BCUT2D eigenvalue weighted by atomic mass is 32.1. The topological polar surface area (TPSA) is 124 Å². The Hall–Kier alpha value is -2.62. The van der Waals surface area contributed by atoms with Crippen LogP contribution in [0.2, 0.25) is 0 Å². The van der Waals surface area contributed by atoms with Gasteiger partial charge in [-0.15, -0.1) is 10.2 Å². The van der Waals surface area contributed by atoms with Crippen LogP contribution in [0.25, 0.3) is 0 Å². The Bertz CT molecular complexity index is 703. The molecule has 0 aliphatic carbocycles. The lowest BCUT2D eigenvalue weighted by atomic mass is 10.1. The molecule has 23 heavy (non-hydrogen) atoms. The van der Waals surface area contributed by atoms with Crippen molar-refractivity contribution in [2.45, 2.75) is 19.4 Å². The van der Waals surface area contributed by atoms with E-state index in [4.69, 9.17) is 15.2 Å². The Labute approximate surface area is 137 Å². The van der Waals surface area contributed by atoms with Crippen molar-refractivity contribution in [2.24, 2.45) is 0 Å². The van der Waals surface area contributed by atoms with E-state index in [1.54, 1.807) is 26.0 Å². The normalized spacial score (nSPS) is 11.0. The van der Waals surface area contributed by atoms with Crippen LogP contribution in [0, 0.1) is 0 Å². The molecule has 10 heteroatoms. The van der Waals surface area contributed by atoms with Gasteiger partial charge in [-0.3, -0.25) is 0 Å². The third-order valence-corrected chi connectivity index (χ3v) is 3.96. The number of nitrogens with one attached hydrogen (secondary N) is 2. The van der Waals surface area contributed by atoms with Crippen molar-refractivity contribution in [3.8, 4) is 11.8 Å². The predicted molar refractivity (Wildman–Crippen MR) is 86.8 cm³/mol. The maximum absolute atomic E-state index is 12.2. The number of ether oxygens (including phenoxy) is 2. The van der Waals surface area contributed by atoms with E-state index < -0.39 is 11.6 Å². The van der Waals surface area contributed by atoms with E-state index in [1.165, 1.54) is 25.6 Å². The minimum atomic E-state index is -0.730. The van der Waals surface area contributed by atoms with E-state index in [1.807, 2.05) is 0 Å². The molecule has 0 bridgehead atoms. The van der Waals surface area contributed by atoms with Gasteiger partial charge in [0.2, 0.25) is 16.9 Å². The van der Waals surface area contributed by atoms with Gasteiger partial charge in [0, 0.05) is 6.07 Å². The lowest BCUT2D eigenvalue weighted by Crippen LogP contribution is -2.43. The summed E-state index contributed by atoms with van der Waals surface area (Å²) in [5.41, 5.74) is 5.26. The summed E-state index contributed by atoms with van der Waals surface area (Å²) in [7, 11) is 2.96. The number of hydrogen-bond acceptors (Lipinski definition) is 8. The molecule has 0 spiro atoms. The molecule has 0 saturated heterocycles. The maximum Gasteiger partial charge on any atom is 0.320 e. The van der Waals surface area contributed by atoms with Gasteiger partial charge in [0.1, 0.15) is 10.7 Å². The molecule has 2 aromatic heterocycles. The van der Waals surface area contributed by atoms with E-state index in [9.17, 15) is 4.79 Å². The van der Waals surface area contributed by atoms with Gasteiger partial charge in [-0.25, -0.2) is 4.79 Å². The van der Waals surface area contributed by atoms with Crippen LogP contribution in [0.15, 0.2) is 12.1 Å². The molecule has 124 valence electrons. The van der Waals surface area contributed by atoms with Crippen molar-refractivity contribution < 1.29 is 14.3 Å². The zero-order valence-corrected chi connectivity index (χ0v) is 14.0. The van der Waals surface area contributed by atoms with Crippen molar-refractivity contribution in [2.75, 3.05) is 25.3 Å². The van der Waals surface area contributed by atoms with Crippen LogP contribution in [0.4, 0.5) is 15.6 Å². The van der Waals surface area contributed by atoms with Gasteiger partial charge in [0.15, 0.2) is 0 Å². The number of nitrogen functional groups attached to an aromatic ring is 1. The number of nitrogens with zero attached hydrogens (tertiary/aromatic N) is 3. The Morgan fingerprint density at radius 1 is 1.26 bits per heavy atom. The number of nitrogens with two attached hydrogens (primary N) is 1. The van der Waals surface area contributed by atoms with Crippen molar-refractivity contribution in [3.05, 3.63) is 17.1 Å². The van der Waals surface area contributed by atoms with E-state index in [2.05, 4.69) is 25.8 Å². The largest absolute Gasteiger partial charge is 0.481 e. The summed E-state index contributed by atoms with van der Waals surface area (Å²) >= 11 is 1.22. The second-order valence-corrected chi connectivity index (χ2v) is 6.07. The lowest BCUT2D eigenvalue weighted by Gasteiger charge is -2.23. The molecule has 0 unspecified atom stereocenters. The van der Waals surface area contributed by atoms with E-state index in [-0.39, 0.29) is 5.88 Å². The number of aromatic nitrogens is 3. The van der Waals surface area contributed by atoms with Crippen LogP contribution >= 0.6 is 11.3 Å². The van der Waals surface area contributed by atoms with Gasteiger partial charge in [0.25, 0.3) is 0 Å². The predicted octanol–water partition coefficient (Wildman–Crippen LogP) is 1.59. The lowest BCUT2D eigenvalue weighted by molar-refractivity contribution is 0.241. The molecule has 0 aromatic carbocycles. The molecule has 2 heterocycles. The molecule has 9 nitrogen and oxygen atoms in total. The molecule has 0 radical (unpaired) electrons. The Morgan fingerprint density at radius 3 is 2.57 bits per heavy atom. The fourth-order valence-corrected chi connectivity index (χ4v) is 2.43. The van der Waals surface area contributed by atoms with Gasteiger partial charge in [-0.1, -0.05) is 11.3 Å². The number of rotatable bonds is 5. The molecule has 0 fully saturated rings. The van der Waals surface area contributed by atoms with Crippen molar-refractivity contribution in [1.82, 2.24) is 20.5 Å². The monoisotopic (exact) mass is 338 g/mol. The Morgan fingerprint density at radius 2 is 2.00 bits per heavy atom. The number of urea groups is 1. The van der Waals surface area contributed by atoms with Crippen LogP contribution in [0.5, 0.6) is 11.8 Å². The number of methoxy groups -OCH3 is 2. The second kappa shape index (κ2) is 6.65. The zero-order valence-electron chi connectivity index (χ0n) is 13.2. The molecule has 2 rings (SSSR count). The second-order valence-electron chi connectivity index (χ2n) is 5.06. The smallest absolute Gasteiger partial charge is 0.320 e. The van der Waals surface area contributed by atoms with Crippen LogP contribution in [0.3, 0.4) is 0 Å². The summed E-state index contributed by atoms with van der Waals surface area (Å²) in [5, 5.41) is 14.1. The van der Waals surface area contributed by atoms with Gasteiger partial charge in [-0.2, -0.15) is 4.98 Å². The minimum Gasteiger partial charge on any atom is -0.481 e. The van der Waals surface area contributed by atoms with Crippen LogP contribution in [-0.2, 0) is 5.54 Å². The number of carbonyl (C=O) groups is 1. The molecular formula is C13H18N6O3S. The highest BCUT2D eigenvalue weighted by molar-refractivity contribution is 7.15. The van der Waals surface area contributed by atoms with Gasteiger partial charge in [0.05, 0.1) is 19.8 Å². The Kier molecular flexibility index (Phi) is 4.84. The first-order chi connectivity index (χ1) is 10.9. The third kappa shape index (κ3) is 3.97. The fourth-order valence-electron chi connectivity index (χ4n) is 1.77. The molecule has 2 amide bonds. The van der Waals surface area contributed by atoms with Crippen molar-refractivity contribution in [1.29, 1.82) is 0 Å². The first-order valence-electron chi connectivity index (χ1n) is 6.63. The van der Waals surface area contributed by atoms with Crippen molar-refractivity contribution >= 4 is 28.2 Å². The summed E-state index contributed by atoms with van der Waals surface area (Å²) < 4.78 is 10.1. The molecule has 0 aliphatic rings.